The molecule has 0 aliphatic carbocycles. The molecule has 3 heteroatoms. The van der Waals surface area contributed by atoms with Gasteiger partial charge < -0.3 is 4.74 Å². The van der Waals surface area contributed by atoms with Crippen LogP contribution in [-0.4, -0.2) is 19.2 Å². The Balaban J connectivity index is 3.23. The molecule has 3 nitrogen and oxygen atoms in total. The quantitative estimate of drug-likeness (QED) is 0.685. The van der Waals surface area contributed by atoms with Crippen LogP contribution in [0.4, 0.5) is 0 Å². The molecular formula is C11H12O3. The van der Waals surface area contributed by atoms with Crippen LogP contribution in [0.3, 0.4) is 0 Å². The first-order valence-corrected chi connectivity index (χ1v) is 4.40. The van der Waals surface area contributed by atoms with Crippen molar-refractivity contribution in [2.45, 2.75) is 13.8 Å². The van der Waals surface area contributed by atoms with Gasteiger partial charge in [-0.1, -0.05) is 0 Å². The summed E-state index contributed by atoms with van der Waals surface area (Å²) in [6, 6.07) is 3.33. The van der Waals surface area contributed by atoms with Gasteiger partial charge in [-0.25, -0.2) is 0 Å². The minimum atomic E-state index is 0.378. The Hall–Kier alpha value is -1.64. The normalized spacial score (nSPS) is 9.57. The van der Waals surface area contributed by atoms with E-state index in [1.165, 1.54) is 0 Å². The van der Waals surface area contributed by atoms with Crippen LogP contribution in [0.25, 0.3) is 0 Å². The number of ether oxygens (including phenoxy) is 1. The van der Waals surface area contributed by atoms with Crippen LogP contribution in [0.2, 0.25) is 0 Å². The summed E-state index contributed by atoms with van der Waals surface area (Å²) < 4.78 is 5.25. The largest absolute Gasteiger partial charge is 0.494 e. The lowest BCUT2D eigenvalue weighted by Crippen LogP contribution is -1.98. The fourth-order valence-corrected chi connectivity index (χ4v) is 1.30. The first-order chi connectivity index (χ1) is 6.72. The van der Waals surface area contributed by atoms with Gasteiger partial charge in [0.2, 0.25) is 0 Å². The van der Waals surface area contributed by atoms with Gasteiger partial charge in [-0.15, -0.1) is 0 Å². The number of benzene rings is 1. The molecule has 0 heterocycles. The number of hydrogen-bond acceptors (Lipinski definition) is 3. The molecule has 0 spiro atoms. The number of hydrogen-bond donors (Lipinski definition) is 0. The molecule has 0 unspecified atom stereocenters. The Morgan fingerprint density at radius 1 is 1.29 bits per heavy atom. The average Bonchev–Trinajstić information content (AvgIpc) is 2.17. The van der Waals surface area contributed by atoms with Crippen molar-refractivity contribution in [1.29, 1.82) is 0 Å². The zero-order valence-electron chi connectivity index (χ0n) is 8.24. The van der Waals surface area contributed by atoms with E-state index in [2.05, 4.69) is 0 Å². The van der Waals surface area contributed by atoms with Crippen molar-refractivity contribution in [2.24, 2.45) is 0 Å². The van der Waals surface area contributed by atoms with Gasteiger partial charge in [0.25, 0.3) is 0 Å². The van der Waals surface area contributed by atoms with Crippen LogP contribution >= 0.6 is 0 Å². The number of carbonyl (C=O) groups is 2. The highest BCUT2D eigenvalue weighted by Crippen LogP contribution is 2.19. The lowest BCUT2D eigenvalue weighted by molar-refractivity contribution is 0.109. The second-order valence-corrected chi connectivity index (χ2v) is 2.91. The van der Waals surface area contributed by atoms with E-state index in [9.17, 15) is 9.59 Å². The third-order valence-corrected chi connectivity index (χ3v) is 1.95. The Morgan fingerprint density at radius 3 is 2.50 bits per heavy atom. The second-order valence-electron chi connectivity index (χ2n) is 2.91. The van der Waals surface area contributed by atoms with E-state index in [4.69, 9.17) is 4.74 Å². The summed E-state index contributed by atoms with van der Waals surface area (Å²) in [5, 5.41) is 0. The third kappa shape index (κ3) is 1.99. The summed E-state index contributed by atoms with van der Waals surface area (Å²) in [5.41, 5.74) is 1.57. The molecule has 0 N–H and O–H groups in total. The Morgan fingerprint density at radius 2 is 2.00 bits per heavy atom. The fraction of sp³-hybridized carbons (Fsp3) is 0.273. The zero-order valence-corrected chi connectivity index (χ0v) is 8.24. The molecule has 0 radical (unpaired) electrons. The molecule has 0 fully saturated rings. The number of rotatable bonds is 4. The first kappa shape index (κ1) is 10.4. The van der Waals surface area contributed by atoms with Gasteiger partial charge in [-0.3, -0.25) is 9.59 Å². The first-order valence-electron chi connectivity index (χ1n) is 4.40. The smallest absolute Gasteiger partial charge is 0.151 e. The molecular weight excluding hydrogens is 180 g/mol. The predicted molar refractivity (Wildman–Crippen MR) is 53.1 cm³/mol. The summed E-state index contributed by atoms with van der Waals surface area (Å²) in [7, 11) is 0. The van der Waals surface area contributed by atoms with Crippen molar-refractivity contribution in [2.75, 3.05) is 6.61 Å². The summed E-state index contributed by atoms with van der Waals surface area (Å²) in [5.74, 6) is 0.623. The topological polar surface area (TPSA) is 43.4 Å². The minimum Gasteiger partial charge on any atom is -0.494 e. The Bertz CT molecular complexity index is 356. The molecule has 0 saturated carbocycles. The van der Waals surface area contributed by atoms with Crippen molar-refractivity contribution >= 4 is 12.6 Å². The second kappa shape index (κ2) is 4.56. The fourth-order valence-electron chi connectivity index (χ4n) is 1.30. The molecule has 0 aliphatic rings. The minimum absolute atomic E-state index is 0.378. The summed E-state index contributed by atoms with van der Waals surface area (Å²) in [4.78, 5) is 21.4. The van der Waals surface area contributed by atoms with Gasteiger partial charge >= 0.3 is 0 Å². The number of aryl methyl sites for hydroxylation is 1. The van der Waals surface area contributed by atoms with E-state index in [0.717, 1.165) is 5.56 Å². The molecule has 0 aromatic heterocycles. The maximum absolute atomic E-state index is 10.7. The van der Waals surface area contributed by atoms with Crippen molar-refractivity contribution < 1.29 is 14.3 Å². The highest BCUT2D eigenvalue weighted by atomic mass is 16.5. The van der Waals surface area contributed by atoms with Gasteiger partial charge in [-0.05, 0) is 31.5 Å². The molecule has 0 bridgehead atoms. The van der Waals surface area contributed by atoms with Crippen LogP contribution in [0, 0.1) is 6.92 Å². The summed E-state index contributed by atoms with van der Waals surface area (Å²) >= 11 is 0. The maximum Gasteiger partial charge on any atom is 0.151 e. The molecule has 1 aromatic rings. The van der Waals surface area contributed by atoms with Gasteiger partial charge in [0.05, 0.1) is 6.61 Å². The average molecular weight is 192 g/mol. The van der Waals surface area contributed by atoms with Crippen LogP contribution in [0.5, 0.6) is 5.75 Å². The third-order valence-electron chi connectivity index (χ3n) is 1.95. The van der Waals surface area contributed by atoms with E-state index in [-0.39, 0.29) is 0 Å². The monoisotopic (exact) mass is 192 g/mol. The van der Waals surface area contributed by atoms with E-state index >= 15 is 0 Å². The van der Waals surface area contributed by atoms with Gasteiger partial charge in [-0.2, -0.15) is 0 Å². The van der Waals surface area contributed by atoms with E-state index < -0.39 is 0 Å². The maximum atomic E-state index is 10.7. The Kier molecular flexibility index (Phi) is 3.40. The molecule has 1 aromatic carbocycles. The highest BCUT2D eigenvalue weighted by Gasteiger charge is 2.07. The molecule has 0 atom stereocenters. The van der Waals surface area contributed by atoms with Gasteiger partial charge in [0, 0.05) is 11.1 Å². The molecule has 0 aliphatic heterocycles. The van der Waals surface area contributed by atoms with E-state index in [0.29, 0.717) is 36.1 Å². The lowest BCUT2D eigenvalue weighted by Gasteiger charge is -2.07. The number of carbonyl (C=O) groups excluding carboxylic acids is 2. The molecule has 74 valence electrons. The zero-order chi connectivity index (χ0) is 10.6. The molecule has 1 rings (SSSR count). The van der Waals surface area contributed by atoms with Crippen molar-refractivity contribution in [3.8, 4) is 5.75 Å². The van der Waals surface area contributed by atoms with Crippen LogP contribution in [-0.2, 0) is 0 Å². The van der Waals surface area contributed by atoms with E-state index in [1.807, 2.05) is 6.92 Å². The van der Waals surface area contributed by atoms with Gasteiger partial charge in [0.1, 0.15) is 5.75 Å². The summed E-state index contributed by atoms with van der Waals surface area (Å²) in [6.07, 6.45) is 1.36. The SMILES string of the molecule is CCOc1cc(C)c(C=O)c(C=O)c1. The number of aldehydes is 2. The predicted octanol–water partition coefficient (Wildman–Crippen LogP) is 2.02. The van der Waals surface area contributed by atoms with Crippen LogP contribution in [0.1, 0.15) is 33.2 Å². The van der Waals surface area contributed by atoms with Crippen molar-refractivity contribution in [3.05, 3.63) is 28.8 Å². The van der Waals surface area contributed by atoms with Crippen molar-refractivity contribution in [3.63, 3.8) is 0 Å². The molecule has 0 saturated heterocycles. The van der Waals surface area contributed by atoms with Crippen LogP contribution < -0.4 is 4.74 Å². The Labute approximate surface area is 82.7 Å². The van der Waals surface area contributed by atoms with Gasteiger partial charge in [0.15, 0.2) is 12.6 Å². The lowest BCUT2D eigenvalue weighted by atomic mass is 10.0. The molecule has 14 heavy (non-hydrogen) atoms. The standard InChI is InChI=1S/C11H12O3/c1-3-14-10-4-8(2)11(7-13)9(5-10)6-12/h4-7H,3H2,1-2H3. The van der Waals surface area contributed by atoms with Crippen molar-refractivity contribution in [1.82, 2.24) is 0 Å². The summed E-state index contributed by atoms with van der Waals surface area (Å²) in [6.45, 7) is 4.18. The highest BCUT2D eigenvalue weighted by molar-refractivity contribution is 5.92. The van der Waals surface area contributed by atoms with E-state index in [1.54, 1.807) is 19.1 Å². The molecule has 0 amide bonds. The van der Waals surface area contributed by atoms with Crippen LogP contribution in [0.15, 0.2) is 12.1 Å².